The number of pyridine rings is 1. The van der Waals surface area contributed by atoms with Crippen molar-refractivity contribution in [2.24, 2.45) is 0 Å². The van der Waals surface area contributed by atoms with E-state index in [9.17, 15) is 0 Å². The van der Waals surface area contributed by atoms with Crippen LogP contribution in [0.3, 0.4) is 0 Å². The summed E-state index contributed by atoms with van der Waals surface area (Å²) < 4.78 is 1.08. The van der Waals surface area contributed by atoms with Gasteiger partial charge in [0.05, 0.1) is 6.04 Å². The molecular formula is C12H11BrN2S. The summed E-state index contributed by atoms with van der Waals surface area (Å²) in [6.45, 7) is 1.04. The van der Waals surface area contributed by atoms with Crippen LogP contribution < -0.4 is 5.32 Å². The molecule has 3 heterocycles. The monoisotopic (exact) mass is 294 g/mol. The zero-order valence-corrected chi connectivity index (χ0v) is 11.0. The van der Waals surface area contributed by atoms with E-state index in [4.69, 9.17) is 0 Å². The Kier molecular flexibility index (Phi) is 2.79. The molecule has 2 aromatic rings. The number of rotatable bonds is 1. The van der Waals surface area contributed by atoms with Crippen LogP contribution in [0.1, 0.15) is 22.0 Å². The highest BCUT2D eigenvalue weighted by atomic mass is 79.9. The molecule has 16 heavy (non-hydrogen) atoms. The van der Waals surface area contributed by atoms with Crippen molar-refractivity contribution in [2.75, 3.05) is 6.54 Å². The molecule has 0 fully saturated rings. The SMILES string of the molecule is Brc1cnccc1C1NCCc2ccsc21. The quantitative estimate of drug-likeness (QED) is 0.874. The molecule has 1 atom stereocenters. The molecule has 1 N–H and O–H groups in total. The molecule has 1 aliphatic rings. The Balaban J connectivity index is 2.08. The first-order valence-corrected chi connectivity index (χ1v) is 6.92. The van der Waals surface area contributed by atoms with Crippen molar-refractivity contribution in [3.8, 4) is 0 Å². The second-order valence-electron chi connectivity index (χ2n) is 3.84. The van der Waals surface area contributed by atoms with Crippen LogP contribution in [0.5, 0.6) is 0 Å². The largest absolute Gasteiger partial charge is 0.305 e. The van der Waals surface area contributed by atoms with Crippen LogP contribution in [-0.4, -0.2) is 11.5 Å². The summed E-state index contributed by atoms with van der Waals surface area (Å²) in [7, 11) is 0. The van der Waals surface area contributed by atoms with Crippen molar-refractivity contribution in [3.05, 3.63) is 50.4 Å². The standard InChI is InChI=1S/C12H11BrN2S/c13-10-7-14-4-2-9(10)11-12-8(1-5-15-11)3-6-16-12/h2-4,6-7,11,15H,1,5H2. The van der Waals surface area contributed by atoms with Crippen molar-refractivity contribution < 1.29 is 0 Å². The van der Waals surface area contributed by atoms with Crippen LogP contribution in [0.2, 0.25) is 0 Å². The Hall–Kier alpha value is -0.710. The molecule has 0 spiro atoms. The minimum Gasteiger partial charge on any atom is -0.305 e. The highest BCUT2D eigenvalue weighted by molar-refractivity contribution is 9.10. The van der Waals surface area contributed by atoms with E-state index in [1.807, 2.05) is 23.7 Å². The van der Waals surface area contributed by atoms with Crippen molar-refractivity contribution >= 4 is 27.3 Å². The molecule has 4 heteroatoms. The topological polar surface area (TPSA) is 24.9 Å². The maximum atomic E-state index is 4.11. The Bertz CT molecular complexity index is 509. The maximum absolute atomic E-state index is 4.11. The lowest BCUT2D eigenvalue weighted by Crippen LogP contribution is -2.29. The minimum atomic E-state index is 0.320. The lowest BCUT2D eigenvalue weighted by Gasteiger charge is -2.25. The van der Waals surface area contributed by atoms with Crippen LogP contribution in [-0.2, 0) is 6.42 Å². The fraction of sp³-hybridized carbons (Fsp3) is 0.250. The maximum Gasteiger partial charge on any atom is 0.0686 e. The number of nitrogens with one attached hydrogen (secondary N) is 1. The lowest BCUT2D eigenvalue weighted by molar-refractivity contribution is 0.576. The van der Waals surface area contributed by atoms with Crippen LogP contribution in [0.15, 0.2) is 34.4 Å². The third-order valence-electron chi connectivity index (χ3n) is 2.90. The summed E-state index contributed by atoms with van der Waals surface area (Å²) in [6.07, 6.45) is 4.85. The second-order valence-corrected chi connectivity index (χ2v) is 5.65. The van der Waals surface area contributed by atoms with Gasteiger partial charge in [0.25, 0.3) is 0 Å². The van der Waals surface area contributed by atoms with Gasteiger partial charge in [0, 0.05) is 28.3 Å². The van der Waals surface area contributed by atoms with E-state index in [0.29, 0.717) is 6.04 Å². The van der Waals surface area contributed by atoms with Gasteiger partial charge in [-0.05, 0) is 51.0 Å². The van der Waals surface area contributed by atoms with Crippen LogP contribution in [0.25, 0.3) is 0 Å². The van der Waals surface area contributed by atoms with Crippen LogP contribution in [0, 0.1) is 0 Å². The predicted octanol–water partition coefficient (Wildman–Crippen LogP) is 3.14. The summed E-state index contributed by atoms with van der Waals surface area (Å²) in [5.74, 6) is 0. The molecule has 0 aliphatic carbocycles. The highest BCUT2D eigenvalue weighted by Crippen LogP contribution is 2.35. The zero-order chi connectivity index (χ0) is 11.0. The molecule has 3 rings (SSSR count). The summed E-state index contributed by atoms with van der Waals surface area (Å²) in [4.78, 5) is 5.55. The van der Waals surface area contributed by atoms with Gasteiger partial charge >= 0.3 is 0 Å². The van der Waals surface area contributed by atoms with E-state index in [2.05, 4.69) is 43.7 Å². The fourth-order valence-corrected chi connectivity index (χ4v) is 3.65. The van der Waals surface area contributed by atoms with Crippen LogP contribution in [0.4, 0.5) is 0 Å². The van der Waals surface area contributed by atoms with Gasteiger partial charge in [-0.3, -0.25) is 4.98 Å². The molecular weight excluding hydrogens is 284 g/mol. The highest BCUT2D eigenvalue weighted by Gasteiger charge is 2.23. The summed E-state index contributed by atoms with van der Waals surface area (Å²) in [5.41, 5.74) is 2.76. The third-order valence-corrected chi connectivity index (χ3v) is 4.59. The molecule has 82 valence electrons. The average Bonchev–Trinajstić information content (AvgIpc) is 2.77. The van der Waals surface area contributed by atoms with E-state index < -0.39 is 0 Å². The molecule has 1 unspecified atom stereocenters. The summed E-state index contributed by atoms with van der Waals surface area (Å²) >= 11 is 5.41. The van der Waals surface area contributed by atoms with Gasteiger partial charge in [-0.2, -0.15) is 0 Å². The van der Waals surface area contributed by atoms with Gasteiger partial charge in [-0.25, -0.2) is 0 Å². The van der Waals surface area contributed by atoms with E-state index in [1.165, 1.54) is 16.0 Å². The number of hydrogen-bond donors (Lipinski definition) is 1. The molecule has 0 amide bonds. The van der Waals surface area contributed by atoms with Crippen molar-refractivity contribution in [1.82, 2.24) is 10.3 Å². The minimum absolute atomic E-state index is 0.320. The van der Waals surface area contributed by atoms with E-state index >= 15 is 0 Å². The molecule has 0 aromatic carbocycles. The molecule has 2 nitrogen and oxygen atoms in total. The molecule has 1 aliphatic heterocycles. The number of thiophene rings is 1. The molecule has 0 radical (unpaired) electrons. The van der Waals surface area contributed by atoms with Gasteiger partial charge in [0.15, 0.2) is 0 Å². The van der Waals surface area contributed by atoms with Gasteiger partial charge in [-0.15, -0.1) is 11.3 Å². The van der Waals surface area contributed by atoms with Crippen molar-refractivity contribution in [3.63, 3.8) is 0 Å². The lowest BCUT2D eigenvalue weighted by atomic mass is 9.98. The zero-order valence-electron chi connectivity index (χ0n) is 8.61. The molecule has 2 aromatic heterocycles. The average molecular weight is 295 g/mol. The van der Waals surface area contributed by atoms with Crippen molar-refractivity contribution in [1.29, 1.82) is 0 Å². The van der Waals surface area contributed by atoms with Gasteiger partial charge in [-0.1, -0.05) is 0 Å². The van der Waals surface area contributed by atoms with E-state index in [-0.39, 0.29) is 0 Å². The van der Waals surface area contributed by atoms with E-state index in [1.54, 1.807) is 0 Å². The fourth-order valence-electron chi connectivity index (χ4n) is 2.12. The Morgan fingerprint density at radius 1 is 1.44 bits per heavy atom. The molecule has 0 saturated heterocycles. The normalized spacial score (nSPS) is 19.4. The molecule has 0 bridgehead atoms. The Morgan fingerprint density at radius 2 is 2.38 bits per heavy atom. The molecule has 0 saturated carbocycles. The van der Waals surface area contributed by atoms with Gasteiger partial charge in [0.2, 0.25) is 0 Å². The van der Waals surface area contributed by atoms with Crippen molar-refractivity contribution in [2.45, 2.75) is 12.5 Å². The second kappa shape index (κ2) is 4.28. The number of aromatic nitrogens is 1. The first-order valence-electron chi connectivity index (χ1n) is 5.25. The number of halogens is 1. The third kappa shape index (κ3) is 1.71. The predicted molar refractivity (Wildman–Crippen MR) is 69.8 cm³/mol. The summed E-state index contributed by atoms with van der Waals surface area (Å²) in [6, 6.07) is 4.64. The summed E-state index contributed by atoms with van der Waals surface area (Å²) in [5, 5.41) is 5.75. The van der Waals surface area contributed by atoms with Gasteiger partial charge < -0.3 is 5.32 Å². The first-order chi connectivity index (χ1) is 7.86. The number of fused-ring (bicyclic) bond motifs is 1. The van der Waals surface area contributed by atoms with E-state index in [0.717, 1.165) is 17.4 Å². The number of hydrogen-bond acceptors (Lipinski definition) is 3. The van der Waals surface area contributed by atoms with Crippen LogP contribution >= 0.6 is 27.3 Å². The first kappa shape index (κ1) is 10.4. The van der Waals surface area contributed by atoms with Gasteiger partial charge in [0.1, 0.15) is 0 Å². The Labute approximate surface area is 107 Å². The smallest absolute Gasteiger partial charge is 0.0686 e. The Morgan fingerprint density at radius 3 is 3.25 bits per heavy atom. The number of nitrogens with zero attached hydrogens (tertiary/aromatic N) is 1.